The van der Waals surface area contributed by atoms with Crippen LogP contribution in [0.4, 0.5) is 4.79 Å². The SMILES string of the molecule is CC[C@H](C)[C@@H](CN[C@@H](CC(C)C)C(=O)O)NC(=O)[C@H](Cc1ccc(O)cc1)NC(=O)[C@@H]1CCCN1C(=O)[C@H](CCCN=C(N)N)NC(=O)[C@H](CCCN=C(N)N)NC(=O)OC(C)(C)C. The molecule has 21 nitrogen and oxygen atoms in total. The van der Waals surface area contributed by atoms with Crippen molar-refractivity contribution in [1.82, 2.24) is 31.5 Å². The first kappa shape index (κ1) is 54.3. The summed E-state index contributed by atoms with van der Waals surface area (Å²) in [6.45, 7) is 13.4. The third-order valence-corrected chi connectivity index (χ3v) is 10.6. The van der Waals surface area contributed by atoms with Crippen LogP contribution in [0.15, 0.2) is 34.3 Å². The van der Waals surface area contributed by atoms with Crippen molar-refractivity contribution in [2.75, 3.05) is 26.2 Å². The third-order valence-electron chi connectivity index (χ3n) is 10.6. The van der Waals surface area contributed by atoms with Crippen LogP contribution in [-0.2, 0) is 35.1 Å². The summed E-state index contributed by atoms with van der Waals surface area (Å²) in [4.78, 5) is 91.0. The van der Waals surface area contributed by atoms with Gasteiger partial charge in [0.2, 0.25) is 23.6 Å². The van der Waals surface area contributed by atoms with Crippen LogP contribution in [0, 0.1) is 11.8 Å². The number of nitrogens with one attached hydrogen (secondary N) is 5. The lowest BCUT2D eigenvalue weighted by molar-refractivity contribution is -0.142. The Balaban J connectivity index is 2.42. The highest BCUT2D eigenvalue weighted by Gasteiger charge is 2.40. The molecule has 0 radical (unpaired) electrons. The van der Waals surface area contributed by atoms with Crippen LogP contribution < -0.4 is 49.5 Å². The van der Waals surface area contributed by atoms with E-state index in [1.54, 1.807) is 32.9 Å². The zero-order chi connectivity index (χ0) is 48.1. The summed E-state index contributed by atoms with van der Waals surface area (Å²) in [7, 11) is 0. The number of ether oxygens (including phenoxy) is 1. The fraction of sp³-hybridized carbons (Fsp3) is 0.674. The number of amides is 5. The molecule has 1 aliphatic rings. The molecule has 5 amide bonds. The molecule has 64 heavy (non-hydrogen) atoms. The van der Waals surface area contributed by atoms with Gasteiger partial charge in [0.1, 0.15) is 41.6 Å². The van der Waals surface area contributed by atoms with Crippen LogP contribution in [0.2, 0.25) is 0 Å². The largest absolute Gasteiger partial charge is 0.508 e. The summed E-state index contributed by atoms with van der Waals surface area (Å²) in [5.41, 5.74) is 21.7. The molecule has 1 aliphatic heterocycles. The minimum absolute atomic E-state index is 0.0176. The number of rotatable bonds is 26. The molecule has 21 heteroatoms. The van der Waals surface area contributed by atoms with Gasteiger partial charge in [0.05, 0.1) is 0 Å². The Kier molecular flexibility index (Phi) is 22.6. The van der Waals surface area contributed by atoms with Crippen molar-refractivity contribution in [3.63, 3.8) is 0 Å². The van der Waals surface area contributed by atoms with Crippen molar-refractivity contribution < 1.29 is 43.7 Å². The lowest BCUT2D eigenvalue weighted by atomic mass is 9.96. The summed E-state index contributed by atoms with van der Waals surface area (Å²) >= 11 is 0. The summed E-state index contributed by atoms with van der Waals surface area (Å²) < 4.78 is 5.39. The van der Waals surface area contributed by atoms with Crippen molar-refractivity contribution in [3.05, 3.63) is 29.8 Å². The number of hydrogen-bond donors (Lipinski definition) is 11. The Hall–Kier alpha value is -5.86. The van der Waals surface area contributed by atoms with Gasteiger partial charge in [-0.25, -0.2) is 4.79 Å². The normalized spacial score (nSPS) is 16.6. The highest BCUT2D eigenvalue weighted by Crippen LogP contribution is 2.21. The average molecular weight is 903 g/mol. The molecular weight excluding hydrogens is 829 g/mol. The van der Waals surface area contributed by atoms with Gasteiger partial charge >= 0.3 is 12.1 Å². The van der Waals surface area contributed by atoms with E-state index in [1.807, 2.05) is 27.7 Å². The number of carboxylic acid groups (broad SMARTS) is 1. The van der Waals surface area contributed by atoms with Crippen molar-refractivity contribution in [2.24, 2.45) is 44.8 Å². The summed E-state index contributed by atoms with van der Waals surface area (Å²) in [5, 5.41) is 34.1. The van der Waals surface area contributed by atoms with Gasteiger partial charge in [0.15, 0.2) is 11.9 Å². The van der Waals surface area contributed by atoms with Crippen LogP contribution in [0.1, 0.15) is 105 Å². The molecule has 0 unspecified atom stereocenters. The van der Waals surface area contributed by atoms with Gasteiger partial charge in [0.25, 0.3) is 0 Å². The number of aliphatic carboxylic acids is 1. The summed E-state index contributed by atoms with van der Waals surface area (Å²) in [6, 6.07) is 0.371. The Morgan fingerprint density at radius 3 is 1.94 bits per heavy atom. The topological polar surface area (TPSA) is 344 Å². The number of hydrogen-bond acceptors (Lipinski definition) is 11. The fourth-order valence-electron chi connectivity index (χ4n) is 7.08. The number of alkyl carbamates (subject to hydrolysis) is 1. The molecule has 2 rings (SSSR count). The number of carboxylic acids is 1. The monoisotopic (exact) mass is 903 g/mol. The molecule has 1 fully saturated rings. The first-order valence-corrected chi connectivity index (χ1v) is 22.1. The number of phenolic OH excluding ortho intramolecular Hbond substituents is 1. The molecule has 0 aliphatic carbocycles. The Morgan fingerprint density at radius 2 is 1.41 bits per heavy atom. The van der Waals surface area contributed by atoms with Crippen LogP contribution in [0.25, 0.3) is 0 Å². The fourth-order valence-corrected chi connectivity index (χ4v) is 7.08. The Labute approximate surface area is 376 Å². The van der Waals surface area contributed by atoms with E-state index in [-0.39, 0.29) is 94.2 Å². The predicted molar refractivity (Wildman–Crippen MR) is 244 cm³/mol. The molecule has 1 heterocycles. The number of carbonyl (C=O) groups is 6. The van der Waals surface area contributed by atoms with Gasteiger partial charge in [-0.2, -0.15) is 0 Å². The van der Waals surface area contributed by atoms with Gasteiger partial charge in [-0.05, 0) is 95.2 Å². The maximum absolute atomic E-state index is 14.5. The second-order valence-electron chi connectivity index (χ2n) is 17.7. The molecule has 1 aromatic carbocycles. The number of phenols is 1. The second kappa shape index (κ2) is 26.7. The van der Waals surface area contributed by atoms with Crippen molar-refractivity contribution in [2.45, 2.75) is 148 Å². The van der Waals surface area contributed by atoms with Gasteiger partial charge in [-0.3, -0.25) is 34.0 Å². The van der Waals surface area contributed by atoms with E-state index in [0.29, 0.717) is 24.8 Å². The molecule has 1 aromatic rings. The number of guanidine groups is 2. The van der Waals surface area contributed by atoms with E-state index in [2.05, 4.69) is 36.6 Å². The van der Waals surface area contributed by atoms with Crippen LogP contribution >= 0.6 is 0 Å². The zero-order valence-corrected chi connectivity index (χ0v) is 38.5. The van der Waals surface area contributed by atoms with E-state index in [1.165, 1.54) is 17.0 Å². The number of nitrogens with zero attached hydrogens (tertiary/aromatic N) is 3. The van der Waals surface area contributed by atoms with E-state index < -0.39 is 77.5 Å². The molecule has 0 saturated carbocycles. The van der Waals surface area contributed by atoms with Crippen LogP contribution in [0.5, 0.6) is 5.75 Å². The van der Waals surface area contributed by atoms with Crippen molar-refractivity contribution in [3.8, 4) is 5.75 Å². The minimum Gasteiger partial charge on any atom is -0.508 e. The maximum atomic E-state index is 14.5. The van der Waals surface area contributed by atoms with Gasteiger partial charge in [-0.1, -0.05) is 46.2 Å². The molecule has 7 atom stereocenters. The van der Waals surface area contributed by atoms with Crippen molar-refractivity contribution in [1.29, 1.82) is 0 Å². The molecule has 0 bridgehead atoms. The molecule has 15 N–H and O–H groups in total. The highest BCUT2D eigenvalue weighted by molar-refractivity contribution is 5.96. The predicted octanol–water partition coefficient (Wildman–Crippen LogP) is 0.516. The quantitative estimate of drug-likeness (QED) is 0.0343. The van der Waals surface area contributed by atoms with E-state index >= 15 is 0 Å². The van der Waals surface area contributed by atoms with Gasteiger partial charge in [-0.15, -0.1) is 0 Å². The molecule has 0 spiro atoms. The lowest BCUT2D eigenvalue weighted by Crippen LogP contribution is -2.59. The number of likely N-dealkylation sites (tertiary alicyclic amines) is 1. The van der Waals surface area contributed by atoms with E-state index in [0.717, 1.165) is 0 Å². The lowest BCUT2D eigenvalue weighted by Gasteiger charge is -2.32. The first-order valence-electron chi connectivity index (χ1n) is 22.1. The highest BCUT2D eigenvalue weighted by atomic mass is 16.6. The number of carbonyl (C=O) groups excluding carboxylic acids is 5. The number of aromatic hydroxyl groups is 1. The molecule has 360 valence electrons. The smallest absolute Gasteiger partial charge is 0.408 e. The second-order valence-corrected chi connectivity index (χ2v) is 17.7. The van der Waals surface area contributed by atoms with Crippen LogP contribution in [0.3, 0.4) is 0 Å². The minimum atomic E-state index is -1.18. The average Bonchev–Trinajstić information content (AvgIpc) is 3.70. The van der Waals surface area contributed by atoms with Gasteiger partial charge < -0.3 is 69.4 Å². The number of benzene rings is 1. The molecule has 1 saturated heterocycles. The first-order chi connectivity index (χ1) is 30.0. The van der Waals surface area contributed by atoms with E-state index in [4.69, 9.17) is 27.7 Å². The molecule has 0 aromatic heterocycles. The zero-order valence-electron chi connectivity index (χ0n) is 38.5. The summed E-state index contributed by atoms with van der Waals surface area (Å²) in [5.74, 6) is -3.61. The van der Waals surface area contributed by atoms with E-state index in [9.17, 15) is 39.0 Å². The maximum Gasteiger partial charge on any atom is 0.408 e. The molecular formula is C43H74N12O9. The Bertz CT molecular complexity index is 1740. The van der Waals surface area contributed by atoms with Crippen LogP contribution in [-0.4, -0.2) is 131 Å². The summed E-state index contributed by atoms with van der Waals surface area (Å²) in [6.07, 6.45) is 1.65. The Morgan fingerprint density at radius 1 is 0.828 bits per heavy atom. The third kappa shape index (κ3) is 20.1. The number of aliphatic imine (C=N–C) groups is 2. The standard InChI is InChI=1S/C43H74N12O9/c1-8-26(4)33(24-50-32(39(61)62)22-25(2)3)53-36(58)31(23-27-15-17-28(56)18-16-27)52-37(59)34-14-11-21-55(34)38(60)30(13-10-20-49-41(46)47)51-35(57)29(12-9-19-48-40(44)45)54-42(63)64-43(5,6)7/h15-18,25-26,29-34,50,56H,8-14,19-24H2,1-7H3,(H,51,57)(H,52,59)(H,53,58)(H,54,63)(H,61,62)(H4,44,45,48)(H4,46,47,49)/t26-,29-,30-,31-,32-,33+,34-/m0/s1. The van der Waals surface area contributed by atoms with Crippen molar-refractivity contribution >= 4 is 47.6 Å². The number of nitrogens with two attached hydrogens (primary N) is 4. The van der Waals surface area contributed by atoms with Gasteiger partial charge in [0, 0.05) is 38.6 Å².